The summed E-state index contributed by atoms with van der Waals surface area (Å²) in [6.45, 7) is 0.124. The van der Waals surface area contributed by atoms with Crippen LogP contribution in [0.5, 0.6) is 5.75 Å². The monoisotopic (exact) mass is 336 g/mol. The Kier molecular flexibility index (Phi) is 4.19. The summed E-state index contributed by atoms with van der Waals surface area (Å²) in [7, 11) is -2.21. The van der Waals surface area contributed by atoms with E-state index >= 15 is 0 Å². The Morgan fingerprint density at radius 1 is 1.35 bits per heavy atom. The summed E-state index contributed by atoms with van der Waals surface area (Å²) in [4.78, 5) is -0.254. The van der Waals surface area contributed by atoms with E-state index in [-0.39, 0.29) is 27.3 Å². The molecule has 1 heterocycles. The van der Waals surface area contributed by atoms with Crippen LogP contribution in [0.2, 0.25) is 10.0 Å². The van der Waals surface area contributed by atoms with Crippen LogP contribution < -0.4 is 9.88 Å². The smallest absolute Gasteiger partial charge is 0.239 e. The first-order valence-corrected chi connectivity index (χ1v) is 7.58. The van der Waals surface area contributed by atoms with Crippen LogP contribution in [0, 0.1) is 0 Å². The molecule has 0 atom stereocenters. The van der Waals surface area contributed by atoms with Gasteiger partial charge >= 0.3 is 0 Å². The van der Waals surface area contributed by atoms with Gasteiger partial charge in [-0.05, 0) is 12.1 Å². The van der Waals surface area contributed by atoms with Gasteiger partial charge in [0.1, 0.15) is 28.0 Å². The highest BCUT2D eigenvalue weighted by atomic mass is 35.5. The number of sulfonamides is 1. The molecule has 0 radical (unpaired) electrons. The average Bonchev–Trinajstić information content (AvgIpc) is 2.75. The number of ether oxygens (including phenoxy) is 1. The van der Waals surface area contributed by atoms with Gasteiger partial charge in [-0.1, -0.05) is 28.4 Å². The second-order valence-corrected chi connectivity index (χ2v) is 6.19. The number of rotatable bonds is 4. The van der Waals surface area contributed by atoms with Crippen LogP contribution >= 0.6 is 23.2 Å². The third-order valence-electron chi connectivity index (χ3n) is 2.34. The minimum atomic E-state index is -3.93. The van der Waals surface area contributed by atoms with Gasteiger partial charge in [0.25, 0.3) is 0 Å². The number of halogens is 2. The highest BCUT2D eigenvalue weighted by Crippen LogP contribution is 2.36. The number of nitrogens with zero attached hydrogens (tertiary/aromatic N) is 3. The van der Waals surface area contributed by atoms with Crippen LogP contribution in [0.4, 0.5) is 0 Å². The fraction of sp³-hybridized carbons (Fsp3) is 0.200. The fourth-order valence-corrected chi connectivity index (χ4v) is 2.82. The summed E-state index contributed by atoms with van der Waals surface area (Å²) in [5.74, 6) is 0.231. The first-order valence-electron chi connectivity index (χ1n) is 5.28. The lowest BCUT2D eigenvalue weighted by molar-refractivity contribution is 0.301. The molecule has 0 unspecified atom stereocenters. The Balaban J connectivity index is 2.24. The van der Waals surface area contributed by atoms with Crippen molar-refractivity contribution in [3.63, 3.8) is 0 Å². The molecule has 108 valence electrons. The maximum absolute atomic E-state index is 11.3. The van der Waals surface area contributed by atoms with Gasteiger partial charge in [-0.25, -0.2) is 13.6 Å². The number of aryl methyl sites for hydroxylation is 1. The molecule has 0 aliphatic rings. The van der Waals surface area contributed by atoms with Gasteiger partial charge in [-0.2, -0.15) is 0 Å². The lowest BCUT2D eigenvalue weighted by atomic mass is 10.3. The van der Waals surface area contributed by atoms with Crippen LogP contribution in [-0.4, -0.2) is 23.4 Å². The van der Waals surface area contributed by atoms with E-state index in [2.05, 4.69) is 10.3 Å². The minimum Gasteiger partial charge on any atom is -0.486 e. The van der Waals surface area contributed by atoms with Crippen molar-refractivity contribution in [3.8, 4) is 5.75 Å². The van der Waals surface area contributed by atoms with Crippen molar-refractivity contribution < 1.29 is 13.2 Å². The second kappa shape index (κ2) is 5.57. The Labute approximate surface area is 125 Å². The summed E-state index contributed by atoms with van der Waals surface area (Å²) < 4.78 is 29.5. The lowest BCUT2D eigenvalue weighted by Crippen LogP contribution is -2.13. The Bertz CT molecular complexity index is 745. The summed E-state index contributed by atoms with van der Waals surface area (Å²) in [5.41, 5.74) is 0.593. The van der Waals surface area contributed by atoms with Crippen molar-refractivity contribution in [1.29, 1.82) is 0 Å². The third kappa shape index (κ3) is 3.21. The number of aromatic nitrogens is 3. The quantitative estimate of drug-likeness (QED) is 0.908. The summed E-state index contributed by atoms with van der Waals surface area (Å²) in [6.07, 6.45) is 1.67. The fourth-order valence-electron chi connectivity index (χ4n) is 1.46. The number of primary sulfonamides is 1. The molecule has 0 aliphatic carbocycles. The molecule has 0 fully saturated rings. The van der Waals surface area contributed by atoms with E-state index in [0.29, 0.717) is 5.69 Å². The van der Waals surface area contributed by atoms with Crippen molar-refractivity contribution in [3.05, 3.63) is 34.1 Å². The van der Waals surface area contributed by atoms with Crippen molar-refractivity contribution in [1.82, 2.24) is 15.0 Å². The van der Waals surface area contributed by atoms with Gasteiger partial charge in [0.2, 0.25) is 10.0 Å². The summed E-state index contributed by atoms with van der Waals surface area (Å²) >= 11 is 11.8. The maximum atomic E-state index is 11.3. The van der Waals surface area contributed by atoms with Gasteiger partial charge < -0.3 is 4.74 Å². The molecule has 2 rings (SSSR count). The SMILES string of the molecule is Cn1cc(COc2ccc(S(N)(=O)=O)c(Cl)c2Cl)nn1. The zero-order valence-corrected chi connectivity index (χ0v) is 12.6. The number of hydrogen-bond acceptors (Lipinski definition) is 5. The molecule has 2 N–H and O–H groups in total. The molecule has 0 spiro atoms. The van der Waals surface area contributed by atoms with E-state index in [4.69, 9.17) is 33.1 Å². The van der Waals surface area contributed by atoms with E-state index in [9.17, 15) is 8.42 Å². The van der Waals surface area contributed by atoms with Crippen LogP contribution in [-0.2, 0) is 23.7 Å². The Morgan fingerprint density at radius 3 is 2.60 bits per heavy atom. The zero-order chi connectivity index (χ0) is 14.9. The topological polar surface area (TPSA) is 100 Å². The second-order valence-electron chi connectivity index (χ2n) is 3.91. The Hall–Kier alpha value is -1.35. The summed E-state index contributed by atoms with van der Waals surface area (Å²) in [6, 6.07) is 2.61. The van der Waals surface area contributed by atoms with E-state index in [1.54, 1.807) is 13.2 Å². The number of benzene rings is 1. The standard InChI is InChI=1S/C10H10Cl2N4O3S/c1-16-4-6(14-15-16)5-19-7-2-3-8(20(13,17)18)10(12)9(7)11/h2-4H,5H2,1H3,(H2,13,17,18). The van der Waals surface area contributed by atoms with Gasteiger partial charge in [0.15, 0.2) is 0 Å². The lowest BCUT2D eigenvalue weighted by Gasteiger charge is -2.09. The van der Waals surface area contributed by atoms with Crippen LogP contribution in [0.15, 0.2) is 23.2 Å². The highest BCUT2D eigenvalue weighted by molar-refractivity contribution is 7.89. The molecule has 0 aliphatic heterocycles. The van der Waals surface area contributed by atoms with Gasteiger partial charge in [0, 0.05) is 7.05 Å². The molecule has 0 bridgehead atoms. The summed E-state index contributed by atoms with van der Waals surface area (Å²) in [5, 5.41) is 12.4. The predicted molar refractivity (Wildman–Crippen MR) is 73.2 cm³/mol. The normalized spacial score (nSPS) is 11.6. The molecule has 1 aromatic heterocycles. The van der Waals surface area contributed by atoms with Crippen molar-refractivity contribution in [2.24, 2.45) is 12.2 Å². The molecule has 20 heavy (non-hydrogen) atoms. The zero-order valence-electron chi connectivity index (χ0n) is 10.2. The minimum absolute atomic E-state index is 0.0259. The predicted octanol–water partition coefficient (Wildman–Crippen LogP) is 1.35. The van der Waals surface area contributed by atoms with E-state index in [1.807, 2.05) is 0 Å². The van der Waals surface area contributed by atoms with Crippen molar-refractivity contribution in [2.75, 3.05) is 0 Å². The molecule has 1 aromatic carbocycles. The van der Waals surface area contributed by atoms with Crippen LogP contribution in [0.3, 0.4) is 0 Å². The molecule has 0 saturated heterocycles. The van der Waals surface area contributed by atoms with Gasteiger partial charge in [-0.15, -0.1) is 5.10 Å². The largest absolute Gasteiger partial charge is 0.486 e. The first-order chi connectivity index (χ1) is 9.29. The van der Waals surface area contributed by atoms with E-state index in [0.717, 1.165) is 0 Å². The van der Waals surface area contributed by atoms with E-state index < -0.39 is 10.0 Å². The Morgan fingerprint density at radius 2 is 2.05 bits per heavy atom. The van der Waals surface area contributed by atoms with E-state index in [1.165, 1.54) is 16.8 Å². The third-order valence-corrected chi connectivity index (χ3v) is 4.27. The first kappa shape index (κ1) is 15.0. The molecular formula is C10H10Cl2N4O3S. The molecule has 2 aromatic rings. The van der Waals surface area contributed by atoms with Crippen molar-refractivity contribution in [2.45, 2.75) is 11.5 Å². The number of hydrogen-bond donors (Lipinski definition) is 1. The molecular weight excluding hydrogens is 327 g/mol. The molecule has 7 nitrogen and oxygen atoms in total. The van der Waals surface area contributed by atoms with Crippen molar-refractivity contribution >= 4 is 33.2 Å². The molecule has 10 heteroatoms. The van der Waals surface area contributed by atoms with Crippen LogP contribution in [0.1, 0.15) is 5.69 Å². The molecule has 0 saturated carbocycles. The average molecular weight is 337 g/mol. The maximum Gasteiger partial charge on any atom is 0.239 e. The highest BCUT2D eigenvalue weighted by Gasteiger charge is 2.18. The molecule has 0 amide bonds. The van der Waals surface area contributed by atoms with Gasteiger partial charge in [0.05, 0.1) is 11.2 Å². The van der Waals surface area contributed by atoms with Crippen LogP contribution in [0.25, 0.3) is 0 Å². The number of nitrogens with two attached hydrogens (primary N) is 1. The van der Waals surface area contributed by atoms with Gasteiger partial charge in [-0.3, -0.25) is 4.68 Å².